The lowest BCUT2D eigenvalue weighted by Gasteiger charge is -2.50. The first kappa shape index (κ1) is 24.1. The molecule has 0 aliphatic carbocycles. The number of carbonyl (C=O) groups is 3. The zero-order valence-electron chi connectivity index (χ0n) is 19.0. The van der Waals surface area contributed by atoms with Gasteiger partial charge in [0.15, 0.2) is 24.8 Å². The molecule has 35 heavy (non-hydrogen) atoms. The van der Waals surface area contributed by atoms with Crippen molar-refractivity contribution >= 4 is 41.1 Å². The molecule has 0 bridgehead atoms. The Bertz CT molecular complexity index is 1250. The van der Waals surface area contributed by atoms with Gasteiger partial charge in [0.1, 0.15) is 24.3 Å². The molecular formula is C22H23N7O5S. The molecule has 2 aliphatic heterocycles. The van der Waals surface area contributed by atoms with Crippen molar-refractivity contribution in [3.8, 4) is 0 Å². The number of nitrogens with two attached hydrogens (primary N) is 1. The summed E-state index contributed by atoms with van der Waals surface area (Å²) in [6.07, 6.45) is 5.97. The van der Waals surface area contributed by atoms with E-state index in [1.807, 2.05) is 36.0 Å². The SMILES string of the molecule is CCc1ccc[n+](CC2=C(C(=O)[O-])N3C(=O)C(NC(=O)C(=NOC)c4nccc(N)n4)[C@@H]3SC2)c1. The first-order valence-corrected chi connectivity index (χ1v) is 11.8. The van der Waals surface area contributed by atoms with Crippen LogP contribution in [0.25, 0.3) is 0 Å². The Balaban J connectivity index is 1.54. The number of pyridine rings is 1. The van der Waals surface area contributed by atoms with E-state index < -0.39 is 29.2 Å². The van der Waals surface area contributed by atoms with Crippen LogP contribution in [0, 0.1) is 0 Å². The minimum atomic E-state index is -1.44. The number of fused-ring (bicyclic) bond motifs is 1. The van der Waals surface area contributed by atoms with Crippen LogP contribution in [-0.2, 0) is 32.2 Å². The summed E-state index contributed by atoms with van der Waals surface area (Å²) in [6.45, 7) is 2.33. The van der Waals surface area contributed by atoms with Crippen LogP contribution < -0.4 is 20.7 Å². The number of β-lactam (4-membered cyclic amide) rings is 1. The Morgan fingerprint density at radius 1 is 1.43 bits per heavy atom. The number of aliphatic carboxylic acids is 1. The molecule has 182 valence electrons. The molecule has 4 rings (SSSR count). The van der Waals surface area contributed by atoms with Crippen molar-refractivity contribution in [3.05, 3.63) is 59.4 Å². The molecular weight excluding hydrogens is 474 g/mol. The smallest absolute Gasteiger partial charge is 0.278 e. The predicted molar refractivity (Wildman–Crippen MR) is 123 cm³/mol. The standard InChI is InChI=1S/C22H23N7O5S/c1-3-12-5-4-8-28(9-12)10-13-11-35-21-16(20(31)29(21)17(13)22(32)33)26-19(30)15(27-34-2)18-24-7-6-14(23)25-18/h4-9,16,21H,3,10-11H2,1-2H3,(H3-,23,24,25,26,30,32,33)/t16?,21-/m0/s1. The van der Waals surface area contributed by atoms with E-state index in [0.717, 1.165) is 16.9 Å². The van der Waals surface area contributed by atoms with Crippen LogP contribution >= 0.6 is 11.8 Å². The zero-order valence-corrected chi connectivity index (χ0v) is 19.8. The summed E-state index contributed by atoms with van der Waals surface area (Å²) in [6, 6.07) is 4.35. The lowest BCUT2D eigenvalue weighted by molar-refractivity contribution is -0.689. The van der Waals surface area contributed by atoms with Crippen molar-refractivity contribution in [1.82, 2.24) is 20.2 Å². The Labute approximate surface area is 204 Å². The van der Waals surface area contributed by atoms with E-state index in [9.17, 15) is 19.5 Å². The Kier molecular flexibility index (Phi) is 6.96. The summed E-state index contributed by atoms with van der Waals surface area (Å²) in [5.74, 6) is -2.36. The van der Waals surface area contributed by atoms with Crippen LogP contribution in [0.2, 0.25) is 0 Å². The number of hydrogen-bond donors (Lipinski definition) is 2. The third-order valence-corrected chi connectivity index (χ3v) is 6.85. The molecule has 2 atom stereocenters. The van der Waals surface area contributed by atoms with Crippen LogP contribution in [0.1, 0.15) is 18.3 Å². The number of thioether (sulfide) groups is 1. The number of nitrogen functional groups attached to an aromatic ring is 1. The Morgan fingerprint density at radius 3 is 2.91 bits per heavy atom. The number of oxime groups is 1. The number of carboxylic acid groups (broad SMARTS) is 1. The maximum atomic E-state index is 13.0. The molecule has 2 amide bonds. The predicted octanol–water partition coefficient (Wildman–Crippen LogP) is -1.64. The van der Waals surface area contributed by atoms with Gasteiger partial charge in [0.25, 0.3) is 11.8 Å². The van der Waals surface area contributed by atoms with E-state index in [1.54, 1.807) is 0 Å². The first-order chi connectivity index (χ1) is 16.8. The van der Waals surface area contributed by atoms with E-state index in [2.05, 4.69) is 20.4 Å². The van der Waals surface area contributed by atoms with Gasteiger partial charge in [-0.3, -0.25) is 14.5 Å². The summed E-state index contributed by atoms with van der Waals surface area (Å²) in [5, 5.41) is 17.7. The van der Waals surface area contributed by atoms with Crippen LogP contribution in [-0.4, -0.2) is 62.6 Å². The maximum absolute atomic E-state index is 13.0. The molecule has 4 heterocycles. The second kappa shape index (κ2) is 10.1. The number of carboxylic acids is 1. The van der Waals surface area contributed by atoms with Crippen molar-refractivity contribution in [1.29, 1.82) is 0 Å². The first-order valence-electron chi connectivity index (χ1n) is 10.7. The number of aryl methyl sites for hydroxylation is 1. The molecule has 2 aromatic heterocycles. The molecule has 1 saturated heterocycles. The molecule has 1 fully saturated rings. The summed E-state index contributed by atoms with van der Waals surface area (Å²) in [4.78, 5) is 51.7. The van der Waals surface area contributed by atoms with E-state index in [-0.39, 0.29) is 23.1 Å². The van der Waals surface area contributed by atoms with Crippen molar-refractivity contribution < 1.29 is 28.9 Å². The summed E-state index contributed by atoms with van der Waals surface area (Å²) < 4.78 is 1.88. The molecule has 0 aromatic carbocycles. The molecule has 0 spiro atoms. The van der Waals surface area contributed by atoms with Crippen molar-refractivity contribution in [3.63, 3.8) is 0 Å². The molecule has 13 heteroatoms. The molecule has 2 aromatic rings. The monoisotopic (exact) mass is 497 g/mol. The third kappa shape index (κ3) is 4.80. The van der Waals surface area contributed by atoms with Gasteiger partial charge in [0.2, 0.25) is 5.71 Å². The minimum Gasteiger partial charge on any atom is -0.543 e. The van der Waals surface area contributed by atoms with Crippen LogP contribution in [0.15, 0.2) is 53.2 Å². The second-order valence-electron chi connectivity index (χ2n) is 7.77. The number of amides is 2. The lowest BCUT2D eigenvalue weighted by Crippen LogP contribution is -2.71. The number of nitrogens with zero attached hydrogens (tertiary/aromatic N) is 5. The van der Waals surface area contributed by atoms with E-state index in [0.29, 0.717) is 17.9 Å². The highest BCUT2D eigenvalue weighted by Crippen LogP contribution is 2.40. The largest absolute Gasteiger partial charge is 0.543 e. The second-order valence-corrected chi connectivity index (χ2v) is 8.87. The minimum absolute atomic E-state index is 0.0757. The van der Waals surface area contributed by atoms with Gasteiger partial charge >= 0.3 is 0 Å². The van der Waals surface area contributed by atoms with Gasteiger partial charge in [0.05, 0.1) is 11.7 Å². The number of carbonyl (C=O) groups excluding carboxylic acids is 3. The summed E-state index contributed by atoms with van der Waals surface area (Å²) in [7, 11) is 1.25. The van der Waals surface area contributed by atoms with E-state index in [4.69, 9.17) is 10.6 Å². The zero-order chi connectivity index (χ0) is 25.1. The molecule has 2 aliphatic rings. The van der Waals surface area contributed by atoms with E-state index in [1.165, 1.54) is 31.1 Å². The fraction of sp³-hybridized carbons (Fsp3) is 0.318. The van der Waals surface area contributed by atoms with E-state index >= 15 is 0 Å². The average Bonchev–Trinajstić information content (AvgIpc) is 2.85. The van der Waals surface area contributed by atoms with Crippen molar-refractivity contribution in [2.45, 2.75) is 31.3 Å². The van der Waals surface area contributed by atoms with Gasteiger partial charge in [-0.25, -0.2) is 14.5 Å². The average molecular weight is 498 g/mol. The third-order valence-electron chi connectivity index (χ3n) is 5.51. The van der Waals surface area contributed by atoms with Gasteiger partial charge in [-0.05, 0) is 18.6 Å². The van der Waals surface area contributed by atoms with Gasteiger partial charge in [-0.1, -0.05) is 12.1 Å². The van der Waals surface area contributed by atoms with Crippen LogP contribution in [0.4, 0.5) is 5.82 Å². The normalized spacial score (nSPS) is 19.7. The number of nitrogens with one attached hydrogen (secondary N) is 1. The molecule has 0 saturated carbocycles. The Morgan fingerprint density at radius 2 is 2.23 bits per heavy atom. The van der Waals surface area contributed by atoms with Gasteiger partial charge in [0, 0.05) is 29.2 Å². The summed E-state index contributed by atoms with van der Waals surface area (Å²) in [5.41, 5.74) is 6.88. The number of anilines is 1. The summed E-state index contributed by atoms with van der Waals surface area (Å²) >= 11 is 1.35. The Hall–Kier alpha value is -4.00. The lowest BCUT2D eigenvalue weighted by atomic mass is 10.0. The number of aromatic nitrogens is 3. The molecule has 0 radical (unpaired) electrons. The van der Waals surface area contributed by atoms with Crippen LogP contribution in [0.5, 0.6) is 0 Å². The quantitative estimate of drug-likeness (QED) is 0.188. The molecule has 1 unspecified atom stereocenters. The number of hydrogen-bond acceptors (Lipinski definition) is 10. The van der Waals surface area contributed by atoms with Crippen molar-refractivity contribution in [2.75, 3.05) is 18.6 Å². The molecule has 3 N–H and O–H groups in total. The number of rotatable bonds is 8. The highest BCUT2D eigenvalue weighted by atomic mass is 32.2. The topological polar surface area (TPSA) is 167 Å². The van der Waals surface area contributed by atoms with Crippen LogP contribution in [0.3, 0.4) is 0 Å². The fourth-order valence-corrected chi connectivity index (χ4v) is 5.20. The highest BCUT2D eigenvalue weighted by Gasteiger charge is 2.53. The highest BCUT2D eigenvalue weighted by molar-refractivity contribution is 8.00. The fourth-order valence-electron chi connectivity index (χ4n) is 3.87. The van der Waals surface area contributed by atoms with Gasteiger partial charge < -0.3 is 25.8 Å². The van der Waals surface area contributed by atoms with Gasteiger partial charge in [-0.15, -0.1) is 11.8 Å². The van der Waals surface area contributed by atoms with Gasteiger partial charge in [-0.2, -0.15) is 0 Å². The molecule has 12 nitrogen and oxygen atoms in total. The maximum Gasteiger partial charge on any atom is 0.278 e. The van der Waals surface area contributed by atoms with Crippen molar-refractivity contribution in [2.24, 2.45) is 5.16 Å².